The normalized spacial score (nSPS) is 19.1. The minimum Gasteiger partial charge on any atom is -0.454 e. The third kappa shape index (κ3) is 1.80. The van der Waals surface area contributed by atoms with E-state index in [-0.39, 0.29) is 12.7 Å². The van der Waals surface area contributed by atoms with Crippen molar-refractivity contribution in [2.75, 3.05) is 23.6 Å². The number of anilines is 2. The predicted octanol–water partition coefficient (Wildman–Crippen LogP) is 2.36. The van der Waals surface area contributed by atoms with Crippen LogP contribution < -0.4 is 19.7 Å². The summed E-state index contributed by atoms with van der Waals surface area (Å²) in [5.41, 5.74) is 1.19. The summed E-state index contributed by atoms with van der Waals surface area (Å²) in [7, 11) is 0. The maximum absolute atomic E-state index is 12.5. The summed E-state index contributed by atoms with van der Waals surface area (Å²) in [5.74, 6) is 1.52. The molecule has 3 rings (SSSR count). The second-order valence-electron chi connectivity index (χ2n) is 5.43. The van der Waals surface area contributed by atoms with Crippen molar-refractivity contribution in [3.8, 4) is 11.5 Å². The van der Waals surface area contributed by atoms with E-state index in [2.05, 4.69) is 12.2 Å². The van der Waals surface area contributed by atoms with Gasteiger partial charge in [0.25, 0.3) is 5.91 Å². The Labute approximate surface area is 112 Å². The molecule has 1 aromatic carbocycles. The number of nitrogens with zero attached hydrogens (tertiary/aromatic N) is 1. The van der Waals surface area contributed by atoms with Crippen molar-refractivity contribution < 1.29 is 14.3 Å². The molecule has 2 aliphatic heterocycles. The zero-order valence-electron chi connectivity index (χ0n) is 11.4. The molecule has 1 amide bonds. The largest absolute Gasteiger partial charge is 0.454 e. The Hall–Kier alpha value is -1.91. The molecular weight excluding hydrogens is 244 g/mol. The molecule has 1 aromatic rings. The van der Waals surface area contributed by atoms with Crippen molar-refractivity contribution in [1.82, 2.24) is 0 Å². The molecule has 0 aliphatic carbocycles. The molecule has 102 valence electrons. The van der Waals surface area contributed by atoms with Crippen LogP contribution in [0, 0.1) is 0 Å². The van der Waals surface area contributed by atoms with Gasteiger partial charge in [-0.25, -0.2) is 0 Å². The van der Waals surface area contributed by atoms with Crippen LogP contribution in [0.5, 0.6) is 11.5 Å². The van der Waals surface area contributed by atoms with Crippen LogP contribution in [0.4, 0.5) is 11.4 Å². The highest BCUT2D eigenvalue weighted by Crippen LogP contribution is 2.44. The second-order valence-corrected chi connectivity index (χ2v) is 5.43. The molecule has 0 saturated carbocycles. The van der Waals surface area contributed by atoms with Crippen LogP contribution in [-0.2, 0) is 4.79 Å². The van der Waals surface area contributed by atoms with E-state index in [0.717, 1.165) is 23.5 Å². The first kappa shape index (κ1) is 12.1. The molecule has 2 heterocycles. The Morgan fingerprint density at radius 3 is 2.68 bits per heavy atom. The van der Waals surface area contributed by atoms with Crippen molar-refractivity contribution in [3.05, 3.63) is 12.1 Å². The van der Waals surface area contributed by atoms with Gasteiger partial charge in [-0.05, 0) is 20.3 Å². The third-order valence-corrected chi connectivity index (χ3v) is 3.46. The van der Waals surface area contributed by atoms with Crippen LogP contribution >= 0.6 is 0 Å². The summed E-state index contributed by atoms with van der Waals surface area (Å²) in [6.07, 6.45) is 0.912. The van der Waals surface area contributed by atoms with Gasteiger partial charge < -0.3 is 19.7 Å². The standard InChI is InChI=1S/C14H18N2O3/c1-4-5-16-10-7-12-11(18-8-19-12)6-9(10)15-14(2,3)13(16)17/h6-7,15H,4-5,8H2,1-3H3. The van der Waals surface area contributed by atoms with Crippen LogP contribution in [0.1, 0.15) is 27.2 Å². The maximum atomic E-state index is 12.5. The molecule has 0 aromatic heterocycles. The summed E-state index contributed by atoms with van der Waals surface area (Å²) in [5, 5.41) is 3.28. The second kappa shape index (κ2) is 4.05. The fourth-order valence-corrected chi connectivity index (χ4v) is 2.54. The fraction of sp³-hybridized carbons (Fsp3) is 0.500. The lowest BCUT2D eigenvalue weighted by Crippen LogP contribution is -2.54. The zero-order chi connectivity index (χ0) is 13.6. The highest BCUT2D eigenvalue weighted by atomic mass is 16.7. The summed E-state index contributed by atoms with van der Waals surface area (Å²) >= 11 is 0. The Balaban J connectivity index is 2.11. The van der Waals surface area contributed by atoms with Gasteiger partial charge in [0.2, 0.25) is 6.79 Å². The van der Waals surface area contributed by atoms with E-state index in [0.29, 0.717) is 12.3 Å². The van der Waals surface area contributed by atoms with Crippen molar-refractivity contribution in [2.24, 2.45) is 0 Å². The van der Waals surface area contributed by atoms with Crippen molar-refractivity contribution >= 4 is 17.3 Å². The van der Waals surface area contributed by atoms with Gasteiger partial charge in [-0.2, -0.15) is 0 Å². The molecule has 2 aliphatic rings. The number of carbonyl (C=O) groups excluding carboxylic acids is 1. The first-order valence-corrected chi connectivity index (χ1v) is 6.56. The monoisotopic (exact) mass is 262 g/mol. The van der Waals surface area contributed by atoms with Crippen LogP contribution in [0.3, 0.4) is 0 Å². The van der Waals surface area contributed by atoms with Crippen LogP contribution in [-0.4, -0.2) is 24.8 Å². The SMILES string of the molecule is CCCN1C(=O)C(C)(C)Nc2cc3c(cc21)OCO3. The number of amides is 1. The van der Waals surface area contributed by atoms with Crippen molar-refractivity contribution in [3.63, 3.8) is 0 Å². The molecule has 0 fully saturated rings. The minimum absolute atomic E-state index is 0.0840. The summed E-state index contributed by atoms with van der Waals surface area (Å²) in [6.45, 7) is 6.80. The van der Waals surface area contributed by atoms with E-state index in [1.807, 2.05) is 30.9 Å². The summed E-state index contributed by atoms with van der Waals surface area (Å²) < 4.78 is 10.8. The van der Waals surface area contributed by atoms with Crippen molar-refractivity contribution in [2.45, 2.75) is 32.7 Å². The summed E-state index contributed by atoms with van der Waals surface area (Å²) in [4.78, 5) is 14.3. The Kier molecular flexibility index (Phi) is 2.59. The number of hydrogen-bond acceptors (Lipinski definition) is 4. The number of ether oxygens (including phenoxy) is 2. The zero-order valence-corrected chi connectivity index (χ0v) is 11.4. The lowest BCUT2D eigenvalue weighted by Gasteiger charge is -2.39. The molecule has 5 heteroatoms. The number of carbonyl (C=O) groups is 1. The lowest BCUT2D eigenvalue weighted by atomic mass is 9.97. The molecular formula is C14H18N2O3. The quantitative estimate of drug-likeness (QED) is 0.889. The van der Waals surface area contributed by atoms with Gasteiger partial charge in [0.1, 0.15) is 5.54 Å². The molecule has 0 saturated heterocycles. The van der Waals surface area contributed by atoms with E-state index >= 15 is 0 Å². The molecule has 0 spiro atoms. The lowest BCUT2D eigenvalue weighted by molar-refractivity contribution is -0.122. The van der Waals surface area contributed by atoms with Gasteiger partial charge in [0, 0.05) is 18.7 Å². The van der Waals surface area contributed by atoms with E-state index in [1.165, 1.54) is 0 Å². The molecule has 0 radical (unpaired) electrons. The molecule has 0 atom stereocenters. The van der Waals surface area contributed by atoms with Crippen LogP contribution in [0.15, 0.2) is 12.1 Å². The molecule has 0 unspecified atom stereocenters. The van der Waals surface area contributed by atoms with Crippen molar-refractivity contribution in [1.29, 1.82) is 0 Å². The first-order valence-electron chi connectivity index (χ1n) is 6.56. The smallest absolute Gasteiger partial charge is 0.252 e. The van der Waals surface area contributed by atoms with E-state index < -0.39 is 5.54 Å². The van der Waals surface area contributed by atoms with Gasteiger partial charge in [-0.1, -0.05) is 6.92 Å². The molecule has 5 nitrogen and oxygen atoms in total. The number of fused-ring (bicyclic) bond motifs is 2. The van der Waals surface area contributed by atoms with Gasteiger partial charge >= 0.3 is 0 Å². The topological polar surface area (TPSA) is 50.8 Å². The van der Waals surface area contributed by atoms with E-state index in [9.17, 15) is 4.79 Å². The van der Waals surface area contributed by atoms with E-state index in [4.69, 9.17) is 9.47 Å². The van der Waals surface area contributed by atoms with Gasteiger partial charge in [-0.3, -0.25) is 4.79 Å². The number of rotatable bonds is 2. The Bertz CT molecular complexity index is 540. The maximum Gasteiger partial charge on any atom is 0.252 e. The minimum atomic E-state index is -0.601. The number of nitrogens with one attached hydrogen (secondary N) is 1. The predicted molar refractivity (Wildman–Crippen MR) is 72.9 cm³/mol. The van der Waals surface area contributed by atoms with Gasteiger partial charge in [0.15, 0.2) is 11.5 Å². The number of benzene rings is 1. The Morgan fingerprint density at radius 1 is 1.32 bits per heavy atom. The highest BCUT2D eigenvalue weighted by Gasteiger charge is 2.39. The first-order chi connectivity index (χ1) is 9.03. The highest BCUT2D eigenvalue weighted by molar-refractivity contribution is 6.07. The van der Waals surface area contributed by atoms with Gasteiger partial charge in [0.05, 0.1) is 11.4 Å². The van der Waals surface area contributed by atoms with E-state index in [1.54, 1.807) is 0 Å². The third-order valence-electron chi connectivity index (χ3n) is 3.46. The van der Waals surface area contributed by atoms with Crippen LogP contribution in [0.25, 0.3) is 0 Å². The number of hydrogen-bond donors (Lipinski definition) is 1. The fourth-order valence-electron chi connectivity index (χ4n) is 2.54. The average molecular weight is 262 g/mol. The summed E-state index contributed by atoms with van der Waals surface area (Å²) in [6, 6.07) is 3.79. The Morgan fingerprint density at radius 2 is 2.00 bits per heavy atom. The van der Waals surface area contributed by atoms with Gasteiger partial charge in [-0.15, -0.1) is 0 Å². The average Bonchev–Trinajstić information content (AvgIpc) is 2.79. The van der Waals surface area contributed by atoms with Crippen LogP contribution in [0.2, 0.25) is 0 Å². The molecule has 1 N–H and O–H groups in total. The molecule has 0 bridgehead atoms. The molecule has 19 heavy (non-hydrogen) atoms.